The van der Waals surface area contributed by atoms with E-state index in [4.69, 9.17) is 4.74 Å². The zero-order valence-electron chi connectivity index (χ0n) is 11.7. The number of fused-ring (bicyclic) bond motifs is 1. The van der Waals surface area contributed by atoms with E-state index in [-0.39, 0.29) is 11.9 Å². The lowest BCUT2D eigenvalue weighted by atomic mass is 10.1. The third-order valence-corrected chi connectivity index (χ3v) is 2.88. The number of rotatable bonds is 3. The first-order chi connectivity index (χ1) is 9.01. The van der Waals surface area contributed by atoms with Crippen LogP contribution in [-0.2, 0) is 0 Å². The second-order valence-electron chi connectivity index (χ2n) is 4.81. The summed E-state index contributed by atoms with van der Waals surface area (Å²) < 4.78 is 5.17. The van der Waals surface area contributed by atoms with Crippen molar-refractivity contribution in [2.45, 2.75) is 26.8 Å². The Balaban J connectivity index is 2.47. The number of pyridine rings is 1. The van der Waals surface area contributed by atoms with Crippen LogP contribution in [0, 0.1) is 6.92 Å². The molecule has 1 heterocycles. The normalized spacial score (nSPS) is 10.8. The van der Waals surface area contributed by atoms with E-state index >= 15 is 0 Å². The molecule has 1 amide bonds. The van der Waals surface area contributed by atoms with Crippen molar-refractivity contribution < 1.29 is 9.53 Å². The molecule has 1 N–H and O–H groups in total. The van der Waals surface area contributed by atoms with Gasteiger partial charge in [-0.2, -0.15) is 0 Å². The van der Waals surface area contributed by atoms with E-state index in [1.54, 1.807) is 7.11 Å². The van der Waals surface area contributed by atoms with Crippen LogP contribution in [0.5, 0.6) is 5.75 Å². The molecule has 0 spiro atoms. The highest BCUT2D eigenvalue weighted by Gasteiger charge is 2.12. The van der Waals surface area contributed by atoms with Gasteiger partial charge in [-0.3, -0.25) is 9.78 Å². The van der Waals surface area contributed by atoms with E-state index in [1.807, 2.05) is 45.0 Å². The average molecular weight is 258 g/mol. The van der Waals surface area contributed by atoms with Gasteiger partial charge in [-0.1, -0.05) is 0 Å². The number of benzene rings is 1. The first-order valence-corrected chi connectivity index (χ1v) is 6.27. The van der Waals surface area contributed by atoms with E-state index < -0.39 is 0 Å². The van der Waals surface area contributed by atoms with Gasteiger partial charge in [0.1, 0.15) is 5.75 Å². The smallest absolute Gasteiger partial charge is 0.253 e. The van der Waals surface area contributed by atoms with Crippen molar-refractivity contribution in [3.63, 3.8) is 0 Å². The first-order valence-electron chi connectivity index (χ1n) is 6.27. The number of aryl methyl sites for hydroxylation is 1. The summed E-state index contributed by atoms with van der Waals surface area (Å²) in [6, 6.07) is 7.62. The third kappa shape index (κ3) is 2.84. The molecule has 0 fully saturated rings. The Hall–Kier alpha value is -2.10. The maximum absolute atomic E-state index is 12.1. The standard InChI is InChI=1S/C15H18N2O2/c1-9(2)16-15(18)13-7-11-5-6-12(19-4)8-14(11)17-10(13)3/h5-9H,1-4H3,(H,16,18). The molecule has 19 heavy (non-hydrogen) atoms. The second kappa shape index (κ2) is 5.26. The van der Waals surface area contributed by atoms with Crippen molar-refractivity contribution in [2.75, 3.05) is 7.11 Å². The maximum Gasteiger partial charge on any atom is 0.253 e. The van der Waals surface area contributed by atoms with Crippen LogP contribution < -0.4 is 10.1 Å². The minimum atomic E-state index is -0.0854. The summed E-state index contributed by atoms with van der Waals surface area (Å²) in [4.78, 5) is 16.5. The van der Waals surface area contributed by atoms with Crippen LogP contribution in [0.4, 0.5) is 0 Å². The Bertz CT molecular complexity index is 621. The molecule has 0 saturated heterocycles. The fourth-order valence-electron chi connectivity index (χ4n) is 1.94. The van der Waals surface area contributed by atoms with Gasteiger partial charge >= 0.3 is 0 Å². The second-order valence-corrected chi connectivity index (χ2v) is 4.81. The fourth-order valence-corrected chi connectivity index (χ4v) is 1.94. The number of ether oxygens (including phenoxy) is 1. The molecule has 0 saturated carbocycles. The molecular weight excluding hydrogens is 240 g/mol. The number of nitrogens with zero attached hydrogens (tertiary/aromatic N) is 1. The van der Waals surface area contributed by atoms with E-state index in [0.717, 1.165) is 22.3 Å². The SMILES string of the molecule is COc1ccc2cc(C(=O)NC(C)C)c(C)nc2c1. The van der Waals surface area contributed by atoms with Gasteiger partial charge in [-0.05, 0) is 39.0 Å². The van der Waals surface area contributed by atoms with E-state index in [2.05, 4.69) is 10.3 Å². The molecule has 0 bridgehead atoms. The Morgan fingerprint density at radius 3 is 2.68 bits per heavy atom. The summed E-state index contributed by atoms with van der Waals surface area (Å²) >= 11 is 0. The largest absolute Gasteiger partial charge is 0.497 e. The summed E-state index contributed by atoms with van der Waals surface area (Å²) in [5, 5.41) is 3.81. The molecule has 1 aromatic carbocycles. The molecule has 0 aliphatic carbocycles. The van der Waals surface area contributed by atoms with Gasteiger partial charge in [0, 0.05) is 17.5 Å². The van der Waals surface area contributed by atoms with Crippen molar-refractivity contribution in [1.82, 2.24) is 10.3 Å². The van der Waals surface area contributed by atoms with Crippen LogP contribution in [0.3, 0.4) is 0 Å². The van der Waals surface area contributed by atoms with Crippen LogP contribution in [0.1, 0.15) is 29.9 Å². The summed E-state index contributed by atoms with van der Waals surface area (Å²) in [5.74, 6) is 0.677. The zero-order valence-corrected chi connectivity index (χ0v) is 11.7. The van der Waals surface area contributed by atoms with Gasteiger partial charge in [0.05, 0.1) is 23.9 Å². The monoisotopic (exact) mass is 258 g/mol. The molecule has 2 rings (SSSR count). The molecule has 0 aliphatic rings. The lowest BCUT2D eigenvalue weighted by Gasteiger charge is -2.11. The molecule has 0 radical (unpaired) electrons. The quantitative estimate of drug-likeness (QED) is 0.921. The lowest BCUT2D eigenvalue weighted by molar-refractivity contribution is 0.0942. The maximum atomic E-state index is 12.1. The van der Waals surface area contributed by atoms with Crippen molar-refractivity contribution in [1.29, 1.82) is 0 Å². The van der Waals surface area contributed by atoms with Gasteiger partial charge in [0.25, 0.3) is 5.91 Å². The van der Waals surface area contributed by atoms with E-state index in [9.17, 15) is 4.79 Å². The summed E-state index contributed by atoms with van der Waals surface area (Å²) in [7, 11) is 1.62. The minimum absolute atomic E-state index is 0.0854. The van der Waals surface area contributed by atoms with Gasteiger partial charge in [-0.25, -0.2) is 0 Å². The van der Waals surface area contributed by atoms with Crippen LogP contribution in [0.25, 0.3) is 10.9 Å². The number of carbonyl (C=O) groups is 1. The highest BCUT2D eigenvalue weighted by atomic mass is 16.5. The number of amides is 1. The molecule has 0 atom stereocenters. The Morgan fingerprint density at radius 2 is 2.05 bits per heavy atom. The molecule has 4 heteroatoms. The lowest BCUT2D eigenvalue weighted by Crippen LogP contribution is -2.30. The van der Waals surface area contributed by atoms with Gasteiger partial charge < -0.3 is 10.1 Å². The van der Waals surface area contributed by atoms with Crippen LogP contribution >= 0.6 is 0 Å². The molecular formula is C15H18N2O2. The zero-order chi connectivity index (χ0) is 14.0. The molecule has 1 aromatic heterocycles. The topological polar surface area (TPSA) is 51.2 Å². The van der Waals surface area contributed by atoms with Crippen LogP contribution in [0.15, 0.2) is 24.3 Å². The third-order valence-electron chi connectivity index (χ3n) is 2.88. The number of hydrogen-bond acceptors (Lipinski definition) is 3. The minimum Gasteiger partial charge on any atom is -0.497 e. The highest BCUT2D eigenvalue weighted by Crippen LogP contribution is 2.21. The van der Waals surface area contributed by atoms with Crippen molar-refractivity contribution in [3.05, 3.63) is 35.5 Å². The van der Waals surface area contributed by atoms with E-state index in [0.29, 0.717) is 5.56 Å². The van der Waals surface area contributed by atoms with Crippen LogP contribution in [-0.4, -0.2) is 24.0 Å². The van der Waals surface area contributed by atoms with Crippen molar-refractivity contribution >= 4 is 16.8 Å². The van der Waals surface area contributed by atoms with Gasteiger partial charge in [0.2, 0.25) is 0 Å². The fraction of sp³-hybridized carbons (Fsp3) is 0.333. The summed E-state index contributed by atoms with van der Waals surface area (Å²) in [5.41, 5.74) is 2.17. The number of methoxy groups -OCH3 is 1. The van der Waals surface area contributed by atoms with Gasteiger partial charge in [0.15, 0.2) is 0 Å². The Morgan fingerprint density at radius 1 is 1.32 bits per heavy atom. The summed E-state index contributed by atoms with van der Waals surface area (Å²) in [6.07, 6.45) is 0. The van der Waals surface area contributed by atoms with Crippen molar-refractivity contribution in [3.8, 4) is 5.75 Å². The molecule has 0 unspecified atom stereocenters. The predicted octanol–water partition coefficient (Wildman–Crippen LogP) is 2.69. The highest BCUT2D eigenvalue weighted by molar-refractivity contribution is 5.98. The summed E-state index contributed by atoms with van der Waals surface area (Å²) in [6.45, 7) is 5.72. The number of carbonyl (C=O) groups excluding carboxylic acids is 1. The predicted molar refractivity (Wildman–Crippen MR) is 75.6 cm³/mol. The Kier molecular flexibility index (Phi) is 3.69. The number of hydrogen-bond donors (Lipinski definition) is 1. The first kappa shape index (κ1) is 13.3. The molecule has 2 aromatic rings. The molecule has 100 valence electrons. The molecule has 0 aliphatic heterocycles. The molecule has 4 nitrogen and oxygen atoms in total. The van der Waals surface area contributed by atoms with Crippen molar-refractivity contribution in [2.24, 2.45) is 0 Å². The Labute approximate surface area is 112 Å². The van der Waals surface area contributed by atoms with Gasteiger partial charge in [-0.15, -0.1) is 0 Å². The number of nitrogens with one attached hydrogen (secondary N) is 1. The van der Waals surface area contributed by atoms with Crippen LogP contribution in [0.2, 0.25) is 0 Å². The number of aromatic nitrogens is 1. The average Bonchev–Trinajstić information content (AvgIpc) is 2.36. The van der Waals surface area contributed by atoms with E-state index in [1.165, 1.54) is 0 Å².